The Morgan fingerprint density at radius 3 is 1.44 bits per heavy atom. The van der Waals surface area contributed by atoms with Crippen molar-refractivity contribution in [1.29, 1.82) is 0 Å². The Labute approximate surface area is 81.6 Å². The predicted octanol–water partition coefficient (Wildman–Crippen LogP) is 2.62. The van der Waals surface area contributed by atoms with Crippen LogP contribution in [-0.4, -0.2) is 36.0 Å². The van der Waals surface area contributed by atoms with Crippen LogP contribution in [0.15, 0.2) is 0 Å². The van der Waals surface area contributed by atoms with Crippen molar-refractivity contribution in [2.45, 2.75) is 31.1 Å². The van der Waals surface area contributed by atoms with Gasteiger partial charge in [-0.1, -0.05) is 0 Å². The van der Waals surface area contributed by atoms with Crippen LogP contribution in [0, 0.1) is 0 Å². The maximum atomic E-state index is 12.5. The van der Waals surface area contributed by atoms with E-state index < -0.39 is 36.0 Å². The highest BCUT2D eigenvalue weighted by molar-refractivity contribution is 4.85. The van der Waals surface area contributed by atoms with E-state index in [2.05, 4.69) is 4.74 Å². The van der Waals surface area contributed by atoms with E-state index in [4.69, 9.17) is 0 Å². The third kappa shape index (κ3) is 2.05. The summed E-state index contributed by atoms with van der Waals surface area (Å²) in [4.78, 5) is -2.24. The Hall–Kier alpha value is -0.710. The molecule has 0 radical (unpaired) electrons. The van der Waals surface area contributed by atoms with Gasteiger partial charge in [0.25, 0.3) is 12.6 Å². The molecule has 1 heterocycles. The van der Waals surface area contributed by atoms with E-state index in [9.17, 15) is 39.5 Å². The first kappa shape index (κ1) is 13.4. The first-order valence-corrected chi connectivity index (χ1v) is 3.48. The average Bonchev–Trinajstić information content (AvgIpc) is 1.97. The number of hydrogen-bond acceptors (Lipinski definition) is 2. The molecule has 11 heteroatoms. The summed E-state index contributed by atoms with van der Waals surface area (Å²) in [5.41, 5.74) is 0. The van der Waals surface area contributed by atoms with E-state index in [1.54, 1.807) is 0 Å². The molecule has 0 amide bonds. The first-order chi connectivity index (χ1) is 6.89. The van der Waals surface area contributed by atoms with Crippen LogP contribution in [0.5, 0.6) is 0 Å². The van der Waals surface area contributed by atoms with Crippen LogP contribution in [0.25, 0.3) is 0 Å². The predicted molar refractivity (Wildman–Crippen MR) is 28.7 cm³/mol. The molecule has 1 aliphatic rings. The van der Waals surface area contributed by atoms with Crippen LogP contribution in [0.2, 0.25) is 0 Å². The monoisotopic (exact) mass is 263 g/mol. The van der Waals surface area contributed by atoms with Crippen LogP contribution < -0.4 is 0 Å². The lowest BCUT2D eigenvalue weighted by molar-refractivity contribution is -0.500. The van der Waals surface area contributed by atoms with Gasteiger partial charge < -0.3 is 0 Å². The van der Waals surface area contributed by atoms with E-state index in [0.717, 1.165) is 0 Å². The summed E-state index contributed by atoms with van der Waals surface area (Å²) in [6.45, 7) is 0. The summed E-state index contributed by atoms with van der Waals surface area (Å²) in [7, 11) is 0. The molecule has 0 spiro atoms. The number of halogens is 9. The Balaban J connectivity index is 3.14. The second kappa shape index (κ2) is 3.39. The van der Waals surface area contributed by atoms with Crippen LogP contribution in [0.4, 0.5) is 39.5 Å². The fourth-order valence-electron chi connectivity index (χ4n) is 0.974. The molecule has 0 aromatic rings. The highest BCUT2D eigenvalue weighted by atomic mass is 19.4. The van der Waals surface area contributed by atoms with Crippen LogP contribution in [-0.2, 0) is 4.74 Å². The third-order valence-corrected chi connectivity index (χ3v) is 1.61. The van der Waals surface area contributed by atoms with Gasteiger partial charge in [-0.25, -0.2) is 13.5 Å². The highest BCUT2D eigenvalue weighted by Gasteiger charge is 2.71. The van der Waals surface area contributed by atoms with Gasteiger partial charge in [0.2, 0.25) is 0 Å². The first-order valence-electron chi connectivity index (χ1n) is 3.48. The molecule has 2 nitrogen and oxygen atoms in total. The van der Waals surface area contributed by atoms with Crippen LogP contribution >= 0.6 is 0 Å². The van der Waals surface area contributed by atoms with Gasteiger partial charge in [0.15, 0.2) is 0 Å². The van der Waals surface area contributed by atoms with Crippen LogP contribution in [0.1, 0.15) is 0 Å². The van der Waals surface area contributed by atoms with E-state index in [0.29, 0.717) is 0 Å². The third-order valence-electron chi connectivity index (χ3n) is 1.61. The van der Waals surface area contributed by atoms with Crippen LogP contribution in [0.3, 0.4) is 0 Å². The van der Waals surface area contributed by atoms with E-state index in [1.807, 2.05) is 0 Å². The van der Waals surface area contributed by atoms with Gasteiger partial charge in [-0.05, 0) is 0 Å². The molecule has 0 aromatic carbocycles. The van der Waals surface area contributed by atoms with Crippen molar-refractivity contribution < 1.29 is 44.3 Å². The maximum Gasteiger partial charge on any atom is 0.465 e. The average molecular weight is 263 g/mol. The standard InChI is InChI=1S/C5H2F9NO/c6-1-3(8,9)16-4(10,11)2(7)15(1)5(12,13)14/h1-2H/t1-,2+. The molecule has 1 fully saturated rings. The molecule has 0 unspecified atom stereocenters. The fraction of sp³-hybridized carbons (Fsp3) is 1.00. The quantitative estimate of drug-likeness (QED) is 0.492. The van der Waals surface area contributed by atoms with Crippen molar-refractivity contribution in [3.05, 3.63) is 0 Å². The minimum Gasteiger partial charge on any atom is -0.248 e. The molecule has 0 saturated carbocycles. The van der Waals surface area contributed by atoms with Crippen molar-refractivity contribution in [3.8, 4) is 0 Å². The number of rotatable bonds is 0. The number of ether oxygens (including phenoxy) is 1. The molecular weight excluding hydrogens is 261 g/mol. The molecular formula is C5H2F9NO. The number of nitrogens with zero attached hydrogens (tertiary/aromatic N) is 1. The van der Waals surface area contributed by atoms with Crippen molar-refractivity contribution in [1.82, 2.24) is 4.90 Å². The van der Waals surface area contributed by atoms with E-state index >= 15 is 0 Å². The smallest absolute Gasteiger partial charge is 0.248 e. The van der Waals surface area contributed by atoms with Gasteiger partial charge in [0, 0.05) is 0 Å². The van der Waals surface area contributed by atoms with Gasteiger partial charge >= 0.3 is 18.5 Å². The zero-order valence-corrected chi connectivity index (χ0v) is 6.91. The van der Waals surface area contributed by atoms with Crippen molar-refractivity contribution in [3.63, 3.8) is 0 Å². The Morgan fingerprint density at radius 1 is 0.875 bits per heavy atom. The summed E-state index contributed by atoms with van der Waals surface area (Å²) >= 11 is 0. The van der Waals surface area contributed by atoms with Gasteiger partial charge in [-0.3, -0.25) is 0 Å². The number of morpholine rings is 1. The van der Waals surface area contributed by atoms with Crippen molar-refractivity contribution >= 4 is 0 Å². The van der Waals surface area contributed by atoms with E-state index in [-0.39, 0.29) is 0 Å². The van der Waals surface area contributed by atoms with Gasteiger partial charge in [0.05, 0.1) is 0 Å². The second-order valence-electron chi connectivity index (χ2n) is 2.77. The molecule has 0 bridgehead atoms. The molecule has 96 valence electrons. The topological polar surface area (TPSA) is 12.5 Å². The zero-order chi connectivity index (χ0) is 12.9. The minimum absolute atomic E-state index is 2.24. The molecule has 1 rings (SSSR count). The lowest BCUT2D eigenvalue weighted by Gasteiger charge is -2.41. The summed E-state index contributed by atoms with van der Waals surface area (Å²) in [6, 6.07) is 0. The van der Waals surface area contributed by atoms with Crippen molar-refractivity contribution in [2.75, 3.05) is 0 Å². The summed E-state index contributed by atoms with van der Waals surface area (Å²) < 4.78 is 112. The lowest BCUT2D eigenvalue weighted by Crippen LogP contribution is -2.67. The zero-order valence-electron chi connectivity index (χ0n) is 6.91. The lowest BCUT2D eigenvalue weighted by atomic mass is 10.3. The van der Waals surface area contributed by atoms with Gasteiger partial charge in [-0.2, -0.15) is 30.7 Å². The molecule has 0 aliphatic carbocycles. The summed E-state index contributed by atoms with van der Waals surface area (Å²) in [6.07, 6.45) is -25.7. The summed E-state index contributed by atoms with van der Waals surface area (Å²) in [5.74, 6) is 0. The molecule has 0 N–H and O–H groups in total. The van der Waals surface area contributed by atoms with E-state index in [1.165, 1.54) is 0 Å². The SMILES string of the molecule is F[C@@H]1N(C(F)(F)F)[C@H](F)C(F)(F)OC1(F)F. The Bertz CT molecular complexity index is 256. The highest BCUT2D eigenvalue weighted by Crippen LogP contribution is 2.47. The normalized spacial score (nSPS) is 35.1. The van der Waals surface area contributed by atoms with Gasteiger partial charge in [0.1, 0.15) is 0 Å². The Morgan fingerprint density at radius 2 is 1.19 bits per heavy atom. The fourth-order valence-corrected chi connectivity index (χ4v) is 0.974. The minimum atomic E-state index is -6.03. The largest absolute Gasteiger partial charge is 0.465 e. The molecule has 0 aromatic heterocycles. The number of hydrogen-bond donors (Lipinski definition) is 0. The molecule has 1 aliphatic heterocycles. The summed E-state index contributed by atoms with van der Waals surface area (Å²) in [5, 5.41) is 0. The maximum absolute atomic E-state index is 12.5. The number of alkyl halides is 9. The molecule has 16 heavy (non-hydrogen) atoms. The molecule has 2 atom stereocenters. The van der Waals surface area contributed by atoms with Gasteiger partial charge in [-0.15, -0.1) is 4.90 Å². The Kier molecular flexibility index (Phi) is 2.83. The second-order valence-corrected chi connectivity index (χ2v) is 2.77. The van der Waals surface area contributed by atoms with Crippen molar-refractivity contribution in [2.24, 2.45) is 0 Å². The molecule has 1 saturated heterocycles.